The highest BCUT2D eigenvalue weighted by atomic mass is 19.1. The van der Waals surface area contributed by atoms with Crippen LogP contribution in [0.15, 0.2) is 36.9 Å². The number of carbonyl (C=O) groups is 1. The molecule has 3 aromatic rings. The van der Waals surface area contributed by atoms with E-state index in [1.807, 2.05) is 0 Å². The van der Waals surface area contributed by atoms with Gasteiger partial charge in [-0.15, -0.1) is 0 Å². The first-order valence-electron chi connectivity index (χ1n) is 6.11. The van der Waals surface area contributed by atoms with Crippen LogP contribution in [0.25, 0.3) is 10.9 Å². The van der Waals surface area contributed by atoms with Crippen molar-refractivity contribution in [1.82, 2.24) is 25.1 Å². The van der Waals surface area contributed by atoms with Gasteiger partial charge >= 0.3 is 0 Å². The van der Waals surface area contributed by atoms with Crippen molar-refractivity contribution >= 4 is 16.8 Å². The summed E-state index contributed by atoms with van der Waals surface area (Å²) >= 11 is 0. The molecular weight excluding hydrogens is 261 g/mol. The Kier molecular flexibility index (Phi) is 3.16. The van der Waals surface area contributed by atoms with Crippen LogP contribution in [-0.4, -0.2) is 32.2 Å². The van der Waals surface area contributed by atoms with Gasteiger partial charge in [-0.2, -0.15) is 5.10 Å². The van der Waals surface area contributed by atoms with Crippen molar-refractivity contribution in [2.45, 2.75) is 6.54 Å². The minimum atomic E-state index is -0.336. The molecule has 0 saturated carbocycles. The monoisotopic (exact) mass is 273 g/mol. The standard InChI is InChI=1S/C13H12FN5O/c14-10-2-1-9-5-12(18-11(9)6-10)13(20)16-3-4-19-8-15-7-17-19/h1-2,5-8,18H,3-4H2,(H,16,20). The summed E-state index contributed by atoms with van der Waals surface area (Å²) < 4.78 is 14.7. The van der Waals surface area contributed by atoms with E-state index in [1.54, 1.807) is 23.1 Å². The molecule has 0 radical (unpaired) electrons. The van der Waals surface area contributed by atoms with Gasteiger partial charge in [-0.05, 0) is 24.3 Å². The predicted octanol–water partition coefficient (Wildman–Crippen LogP) is 1.33. The number of carbonyl (C=O) groups excluding carboxylic acids is 1. The highest BCUT2D eigenvalue weighted by Crippen LogP contribution is 2.16. The average Bonchev–Trinajstić information content (AvgIpc) is 3.06. The number of nitrogens with one attached hydrogen (secondary N) is 2. The molecule has 0 atom stereocenters. The maximum Gasteiger partial charge on any atom is 0.267 e. The lowest BCUT2D eigenvalue weighted by Crippen LogP contribution is -2.27. The first kappa shape index (κ1) is 12.3. The lowest BCUT2D eigenvalue weighted by Gasteiger charge is -2.03. The van der Waals surface area contributed by atoms with E-state index in [4.69, 9.17) is 0 Å². The molecule has 2 N–H and O–H groups in total. The Hall–Kier alpha value is -2.70. The van der Waals surface area contributed by atoms with E-state index in [0.717, 1.165) is 5.39 Å². The molecule has 0 saturated heterocycles. The second-order valence-corrected chi connectivity index (χ2v) is 4.33. The number of aromatic nitrogens is 4. The minimum Gasteiger partial charge on any atom is -0.350 e. The normalized spacial score (nSPS) is 10.8. The lowest BCUT2D eigenvalue weighted by molar-refractivity contribution is 0.0948. The van der Waals surface area contributed by atoms with Gasteiger partial charge in [0.15, 0.2) is 0 Å². The summed E-state index contributed by atoms with van der Waals surface area (Å²) in [5.41, 5.74) is 1.01. The molecule has 1 aromatic carbocycles. The first-order chi connectivity index (χ1) is 9.72. The summed E-state index contributed by atoms with van der Waals surface area (Å²) in [4.78, 5) is 18.7. The third-order valence-corrected chi connectivity index (χ3v) is 2.92. The Bertz CT molecular complexity index is 734. The summed E-state index contributed by atoms with van der Waals surface area (Å²) in [5, 5.41) is 7.49. The molecule has 0 unspecified atom stereocenters. The van der Waals surface area contributed by atoms with E-state index in [1.165, 1.54) is 18.5 Å². The summed E-state index contributed by atoms with van der Waals surface area (Å²) in [6.45, 7) is 0.979. The Morgan fingerprint density at radius 3 is 3.10 bits per heavy atom. The molecule has 0 bridgehead atoms. The van der Waals surface area contributed by atoms with E-state index >= 15 is 0 Å². The second-order valence-electron chi connectivity index (χ2n) is 4.33. The highest BCUT2D eigenvalue weighted by molar-refractivity contribution is 5.97. The van der Waals surface area contributed by atoms with Gasteiger partial charge in [0.25, 0.3) is 5.91 Å². The maximum atomic E-state index is 13.1. The van der Waals surface area contributed by atoms with Crippen LogP contribution in [0, 0.1) is 5.82 Å². The molecule has 0 fully saturated rings. The van der Waals surface area contributed by atoms with Crippen molar-refractivity contribution in [2.24, 2.45) is 0 Å². The van der Waals surface area contributed by atoms with E-state index in [9.17, 15) is 9.18 Å². The molecule has 2 heterocycles. The fraction of sp³-hybridized carbons (Fsp3) is 0.154. The molecular formula is C13H12FN5O. The quantitative estimate of drug-likeness (QED) is 0.753. The number of rotatable bonds is 4. The largest absolute Gasteiger partial charge is 0.350 e. The van der Waals surface area contributed by atoms with Crippen LogP contribution in [0.3, 0.4) is 0 Å². The topological polar surface area (TPSA) is 75.6 Å². The first-order valence-corrected chi connectivity index (χ1v) is 6.11. The maximum absolute atomic E-state index is 13.1. The Balaban J connectivity index is 1.66. The van der Waals surface area contributed by atoms with E-state index < -0.39 is 0 Å². The number of aromatic amines is 1. The summed E-state index contributed by atoms with van der Waals surface area (Å²) in [5.74, 6) is -0.570. The van der Waals surface area contributed by atoms with Crippen molar-refractivity contribution in [3.63, 3.8) is 0 Å². The van der Waals surface area contributed by atoms with Crippen LogP contribution in [0.2, 0.25) is 0 Å². The van der Waals surface area contributed by atoms with Crippen molar-refractivity contribution in [1.29, 1.82) is 0 Å². The minimum absolute atomic E-state index is 0.235. The van der Waals surface area contributed by atoms with Gasteiger partial charge in [0.1, 0.15) is 24.2 Å². The number of halogens is 1. The van der Waals surface area contributed by atoms with E-state index in [2.05, 4.69) is 20.4 Å². The van der Waals surface area contributed by atoms with Crippen molar-refractivity contribution in [3.8, 4) is 0 Å². The molecule has 0 aliphatic rings. The molecule has 0 aliphatic carbocycles. The van der Waals surface area contributed by atoms with Crippen LogP contribution in [0.1, 0.15) is 10.5 Å². The van der Waals surface area contributed by atoms with Crippen LogP contribution in [-0.2, 0) is 6.54 Å². The van der Waals surface area contributed by atoms with Crippen LogP contribution < -0.4 is 5.32 Å². The highest BCUT2D eigenvalue weighted by Gasteiger charge is 2.09. The summed E-state index contributed by atoms with van der Waals surface area (Å²) in [6, 6.07) is 6.05. The van der Waals surface area contributed by atoms with Gasteiger partial charge < -0.3 is 10.3 Å². The second kappa shape index (κ2) is 5.12. The number of amides is 1. The summed E-state index contributed by atoms with van der Waals surface area (Å²) in [7, 11) is 0. The molecule has 3 rings (SSSR count). The van der Waals surface area contributed by atoms with Gasteiger partial charge in [0.2, 0.25) is 0 Å². The third-order valence-electron chi connectivity index (χ3n) is 2.92. The molecule has 2 aromatic heterocycles. The molecule has 102 valence electrons. The van der Waals surface area contributed by atoms with Crippen molar-refractivity contribution < 1.29 is 9.18 Å². The number of fused-ring (bicyclic) bond motifs is 1. The molecule has 1 amide bonds. The van der Waals surface area contributed by atoms with Crippen LogP contribution in [0.4, 0.5) is 4.39 Å². The van der Waals surface area contributed by atoms with Gasteiger partial charge in [0, 0.05) is 17.4 Å². The predicted molar refractivity (Wildman–Crippen MR) is 70.6 cm³/mol. The van der Waals surface area contributed by atoms with Gasteiger partial charge in [-0.3, -0.25) is 9.48 Å². The van der Waals surface area contributed by atoms with Crippen molar-refractivity contribution in [2.75, 3.05) is 6.54 Å². The summed E-state index contributed by atoms with van der Waals surface area (Å²) in [6.07, 6.45) is 3.02. The SMILES string of the molecule is O=C(NCCn1cncn1)c1cc2ccc(F)cc2[nH]1. The molecule has 6 nitrogen and oxygen atoms in total. The Morgan fingerprint density at radius 1 is 1.40 bits per heavy atom. The molecule has 0 spiro atoms. The number of nitrogens with zero attached hydrogens (tertiary/aromatic N) is 3. The Morgan fingerprint density at radius 2 is 2.30 bits per heavy atom. The zero-order valence-electron chi connectivity index (χ0n) is 10.5. The van der Waals surface area contributed by atoms with E-state index in [-0.39, 0.29) is 11.7 Å². The number of H-pyrrole nitrogens is 1. The number of hydrogen-bond donors (Lipinski definition) is 2. The van der Waals surface area contributed by atoms with Gasteiger partial charge in [-0.25, -0.2) is 9.37 Å². The fourth-order valence-electron chi connectivity index (χ4n) is 1.95. The molecule has 7 heteroatoms. The smallest absolute Gasteiger partial charge is 0.267 e. The zero-order valence-corrected chi connectivity index (χ0v) is 10.5. The number of benzene rings is 1. The van der Waals surface area contributed by atoms with Crippen molar-refractivity contribution in [3.05, 3.63) is 48.4 Å². The van der Waals surface area contributed by atoms with Gasteiger partial charge in [-0.1, -0.05) is 0 Å². The molecule has 20 heavy (non-hydrogen) atoms. The fourth-order valence-corrected chi connectivity index (χ4v) is 1.95. The number of hydrogen-bond acceptors (Lipinski definition) is 3. The van der Waals surface area contributed by atoms with Crippen LogP contribution in [0.5, 0.6) is 0 Å². The van der Waals surface area contributed by atoms with Gasteiger partial charge in [0.05, 0.1) is 6.54 Å². The Labute approximate surface area is 113 Å². The average molecular weight is 273 g/mol. The lowest BCUT2D eigenvalue weighted by atomic mass is 10.2. The van der Waals surface area contributed by atoms with Crippen LogP contribution >= 0.6 is 0 Å². The van der Waals surface area contributed by atoms with E-state index in [0.29, 0.717) is 24.3 Å². The zero-order chi connectivity index (χ0) is 13.9. The third kappa shape index (κ3) is 2.51. The molecule has 0 aliphatic heterocycles.